The Labute approximate surface area is 157 Å². The highest BCUT2D eigenvalue weighted by molar-refractivity contribution is 6.08. The molecule has 3 amide bonds. The molecule has 0 saturated carbocycles. The van der Waals surface area contributed by atoms with Gasteiger partial charge in [-0.1, -0.05) is 36.4 Å². The lowest BCUT2D eigenvalue weighted by atomic mass is 9.96. The molecule has 2 aromatic carbocycles. The maximum Gasteiger partial charge on any atom is 0.409 e. The summed E-state index contributed by atoms with van der Waals surface area (Å²) in [6.45, 7) is 3.84. The van der Waals surface area contributed by atoms with Crippen LogP contribution in [0.15, 0.2) is 36.4 Å². The summed E-state index contributed by atoms with van der Waals surface area (Å²) < 4.78 is 4.99. The maximum absolute atomic E-state index is 12.7. The molecule has 1 fully saturated rings. The van der Waals surface area contributed by atoms with Gasteiger partial charge in [0.25, 0.3) is 0 Å². The molecular formula is C20H23N3O4. The highest BCUT2D eigenvalue weighted by Gasteiger charge is 2.25. The van der Waals surface area contributed by atoms with Crippen LogP contribution in [-0.4, -0.2) is 60.5 Å². The Morgan fingerprint density at radius 2 is 1.67 bits per heavy atom. The SMILES string of the molecule is CCOC(=O)N1CCN(C(=O)Cc2ccc3ccccc3c2C(N)=O)CC1. The van der Waals surface area contributed by atoms with Crippen molar-refractivity contribution in [1.29, 1.82) is 0 Å². The van der Waals surface area contributed by atoms with Crippen molar-refractivity contribution in [2.75, 3.05) is 32.8 Å². The summed E-state index contributed by atoms with van der Waals surface area (Å²) >= 11 is 0. The fourth-order valence-corrected chi connectivity index (χ4v) is 3.38. The van der Waals surface area contributed by atoms with Crippen LogP contribution in [0, 0.1) is 0 Å². The number of carbonyl (C=O) groups excluding carboxylic acids is 3. The topological polar surface area (TPSA) is 92.9 Å². The minimum Gasteiger partial charge on any atom is -0.450 e. The van der Waals surface area contributed by atoms with Crippen LogP contribution in [0.25, 0.3) is 10.8 Å². The van der Waals surface area contributed by atoms with E-state index in [0.717, 1.165) is 10.8 Å². The Hall–Kier alpha value is -3.09. The average molecular weight is 369 g/mol. The number of primary amides is 1. The molecule has 0 spiro atoms. The first-order valence-electron chi connectivity index (χ1n) is 9.01. The van der Waals surface area contributed by atoms with Crippen LogP contribution in [0.3, 0.4) is 0 Å². The van der Waals surface area contributed by atoms with E-state index in [2.05, 4.69) is 0 Å². The second-order valence-corrected chi connectivity index (χ2v) is 6.43. The second-order valence-electron chi connectivity index (χ2n) is 6.43. The first-order chi connectivity index (χ1) is 13.0. The number of piperazine rings is 1. The smallest absolute Gasteiger partial charge is 0.409 e. The van der Waals surface area contributed by atoms with Crippen LogP contribution in [0.4, 0.5) is 4.79 Å². The van der Waals surface area contributed by atoms with Crippen molar-refractivity contribution in [3.05, 3.63) is 47.5 Å². The summed E-state index contributed by atoms with van der Waals surface area (Å²) in [4.78, 5) is 39.8. The van der Waals surface area contributed by atoms with E-state index in [9.17, 15) is 14.4 Å². The number of benzene rings is 2. The zero-order valence-corrected chi connectivity index (χ0v) is 15.3. The van der Waals surface area contributed by atoms with E-state index in [1.807, 2.05) is 30.3 Å². The number of hydrogen-bond donors (Lipinski definition) is 1. The van der Waals surface area contributed by atoms with E-state index >= 15 is 0 Å². The minimum atomic E-state index is -0.540. The largest absolute Gasteiger partial charge is 0.450 e. The average Bonchev–Trinajstić information content (AvgIpc) is 2.67. The number of hydrogen-bond acceptors (Lipinski definition) is 4. The monoisotopic (exact) mass is 369 g/mol. The van der Waals surface area contributed by atoms with Gasteiger partial charge in [-0.3, -0.25) is 9.59 Å². The van der Waals surface area contributed by atoms with E-state index in [-0.39, 0.29) is 18.4 Å². The number of nitrogens with two attached hydrogens (primary N) is 1. The number of fused-ring (bicyclic) bond motifs is 1. The van der Waals surface area contributed by atoms with Crippen LogP contribution in [0.2, 0.25) is 0 Å². The van der Waals surface area contributed by atoms with Crippen molar-refractivity contribution in [1.82, 2.24) is 9.80 Å². The summed E-state index contributed by atoms with van der Waals surface area (Å²) in [6.07, 6.45) is -0.252. The van der Waals surface area contributed by atoms with Gasteiger partial charge in [-0.05, 0) is 23.3 Å². The molecule has 0 atom stereocenters. The standard InChI is InChI=1S/C20H23N3O4/c1-2-27-20(26)23-11-9-22(10-12-23)17(24)13-15-8-7-14-5-3-4-6-16(14)18(15)19(21)25/h3-8H,2,9-13H2,1H3,(H2,21,25). The van der Waals surface area contributed by atoms with Crippen LogP contribution in [0.1, 0.15) is 22.8 Å². The maximum atomic E-state index is 12.7. The molecule has 0 bridgehead atoms. The molecule has 142 valence electrons. The molecular weight excluding hydrogens is 346 g/mol. The predicted molar refractivity (Wildman–Crippen MR) is 101 cm³/mol. The first kappa shape index (κ1) is 18.7. The van der Waals surface area contributed by atoms with Gasteiger partial charge >= 0.3 is 6.09 Å². The van der Waals surface area contributed by atoms with Crippen molar-refractivity contribution < 1.29 is 19.1 Å². The van der Waals surface area contributed by atoms with Crippen molar-refractivity contribution >= 4 is 28.7 Å². The lowest BCUT2D eigenvalue weighted by Gasteiger charge is -2.34. The van der Waals surface area contributed by atoms with E-state index in [1.165, 1.54) is 0 Å². The predicted octanol–water partition coefficient (Wildman–Crippen LogP) is 1.78. The Bertz CT molecular complexity index is 873. The van der Waals surface area contributed by atoms with Gasteiger partial charge in [0.2, 0.25) is 11.8 Å². The molecule has 7 nitrogen and oxygen atoms in total. The molecule has 0 aromatic heterocycles. The molecule has 1 saturated heterocycles. The molecule has 3 rings (SSSR count). The quantitative estimate of drug-likeness (QED) is 0.889. The van der Waals surface area contributed by atoms with Crippen LogP contribution in [-0.2, 0) is 16.0 Å². The first-order valence-corrected chi connectivity index (χ1v) is 9.01. The zero-order chi connectivity index (χ0) is 19.4. The van der Waals surface area contributed by atoms with Crippen molar-refractivity contribution in [3.63, 3.8) is 0 Å². The Balaban J connectivity index is 1.73. The van der Waals surface area contributed by atoms with Crippen molar-refractivity contribution in [3.8, 4) is 0 Å². The molecule has 0 aliphatic carbocycles. The molecule has 1 heterocycles. The van der Waals surface area contributed by atoms with Crippen molar-refractivity contribution in [2.45, 2.75) is 13.3 Å². The summed E-state index contributed by atoms with van der Waals surface area (Å²) in [5.74, 6) is -0.627. The number of amides is 3. The normalized spacial score (nSPS) is 14.3. The molecule has 2 aromatic rings. The van der Waals surface area contributed by atoms with Crippen LogP contribution in [0.5, 0.6) is 0 Å². The third-order valence-corrected chi connectivity index (χ3v) is 4.76. The molecule has 27 heavy (non-hydrogen) atoms. The van der Waals surface area contributed by atoms with Crippen LogP contribution < -0.4 is 5.73 Å². The molecule has 0 unspecified atom stereocenters. The summed E-state index contributed by atoms with van der Waals surface area (Å²) in [7, 11) is 0. The lowest BCUT2D eigenvalue weighted by Crippen LogP contribution is -2.51. The minimum absolute atomic E-state index is 0.0868. The molecule has 1 aliphatic rings. The van der Waals surface area contributed by atoms with Gasteiger partial charge in [0.05, 0.1) is 18.6 Å². The highest BCUT2D eigenvalue weighted by atomic mass is 16.6. The number of nitrogens with zero attached hydrogens (tertiary/aromatic N) is 2. The zero-order valence-electron chi connectivity index (χ0n) is 15.3. The van der Waals surface area contributed by atoms with Crippen LogP contribution >= 0.6 is 0 Å². The fourth-order valence-electron chi connectivity index (χ4n) is 3.38. The molecule has 7 heteroatoms. The second kappa shape index (κ2) is 8.07. The van der Waals surface area contributed by atoms with Gasteiger partial charge in [0, 0.05) is 26.2 Å². The third kappa shape index (κ3) is 4.02. The number of carbonyl (C=O) groups is 3. The van der Waals surface area contributed by atoms with E-state index in [1.54, 1.807) is 22.8 Å². The Morgan fingerprint density at radius 3 is 2.33 bits per heavy atom. The lowest BCUT2D eigenvalue weighted by molar-refractivity contribution is -0.132. The van der Waals surface area contributed by atoms with E-state index < -0.39 is 5.91 Å². The molecule has 1 aliphatic heterocycles. The summed E-state index contributed by atoms with van der Waals surface area (Å²) in [5.41, 5.74) is 6.61. The molecule has 2 N–H and O–H groups in total. The van der Waals surface area contributed by atoms with Gasteiger partial charge in [-0.2, -0.15) is 0 Å². The van der Waals surface area contributed by atoms with E-state index in [0.29, 0.717) is 43.9 Å². The summed E-state index contributed by atoms with van der Waals surface area (Å²) in [5, 5.41) is 1.66. The van der Waals surface area contributed by atoms with E-state index in [4.69, 9.17) is 10.5 Å². The third-order valence-electron chi connectivity index (χ3n) is 4.76. The van der Waals surface area contributed by atoms with Gasteiger partial charge in [0.1, 0.15) is 0 Å². The van der Waals surface area contributed by atoms with Gasteiger partial charge in [0.15, 0.2) is 0 Å². The van der Waals surface area contributed by atoms with Gasteiger partial charge in [-0.25, -0.2) is 4.79 Å². The number of ether oxygens (including phenoxy) is 1. The number of rotatable bonds is 4. The summed E-state index contributed by atoms with van der Waals surface area (Å²) in [6, 6.07) is 11.2. The molecule has 0 radical (unpaired) electrons. The Kier molecular flexibility index (Phi) is 5.59. The fraction of sp³-hybridized carbons (Fsp3) is 0.350. The Morgan fingerprint density at radius 1 is 1.00 bits per heavy atom. The highest BCUT2D eigenvalue weighted by Crippen LogP contribution is 2.23. The van der Waals surface area contributed by atoms with Crippen molar-refractivity contribution in [2.24, 2.45) is 5.73 Å². The van der Waals surface area contributed by atoms with Gasteiger partial charge < -0.3 is 20.3 Å². The van der Waals surface area contributed by atoms with Gasteiger partial charge in [-0.15, -0.1) is 0 Å².